The predicted octanol–water partition coefficient (Wildman–Crippen LogP) is 3.74. The summed E-state index contributed by atoms with van der Waals surface area (Å²) in [6.45, 7) is 6.04. The molecule has 2 aromatic carbocycles. The van der Waals surface area contributed by atoms with Crippen LogP contribution in [0.25, 0.3) is 11.0 Å². The number of amides is 2. The number of rotatable bonds is 5. The summed E-state index contributed by atoms with van der Waals surface area (Å²) in [6, 6.07) is 11.3. The third-order valence-electron chi connectivity index (χ3n) is 5.61. The lowest BCUT2D eigenvalue weighted by Gasteiger charge is -2.27. The lowest BCUT2D eigenvalue weighted by atomic mass is 9.95. The molecule has 0 radical (unpaired) electrons. The molecular weight excluding hydrogens is 424 g/mol. The first kappa shape index (κ1) is 22.3. The van der Waals surface area contributed by atoms with Crippen LogP contribution in [0.15, 0.2) is 51.7 Å². The van der Waals surface area contributed by atoms with Crippen molar-refractivity contribution in [3.63, 3.8) is 0 Å². The summed E-state index contributed by atoms with van der Waals surface area (Å²) in [6.07, 6.45) is 0.289. The number of benzene rings is 2. The summed E-state index contributed by atoms with van der Waals surface area (Å²) in [5, 5.41) is 1.90. The van der Waals surface area contributed by atoms with Gasteiger partial charge in [0.05, 0.1) is 11.3 Å². The molecule has 1 fully saturated rings. The molecule has 4 rings (SSSR count). The van der Waals surface area contributed by atoms with Crippen LogP contribution in [0.5, 0.6) is 0 Å². The minimum absolute atomic E-state index is 0.0933. The Morgan fingerprint density at radius 3 is 2.52 bits per heavy atom. The van der Waals surface area contributed by atoms with Crippen LogP contribution < -0.4 is 16.1 Å². The van der Waals surface area contributed by atoms with Crippen LogP contribution in [-0.4, -0.2) is 17.8 Å². The molecule has 8 heteroatoms. The molecule has 0 aliphatic carbocycles. The van der Waals surface area contributed by atoms with Crippen molar-refractivity contribution in [2.24, 2.45) is 0 Å². The van der Waals surface area contributed by atoms with E-state index in [0.717, 1.165) is 16.5 Å². The monoisotopic (exact) mass is 448 g/mol. The van der Waals surface area contributed by atoms with Gasteiger partial charge in [-0.2, -0.15) is 0 Å². The molecule has 1 aliphatic heterocycles. The fourth-order valence-electron chi connectivity index (χ4n) is 3.89. The summed E-state index contributed by atoms with van der Waals surface area (Å²) in [7, 11) is 0. The fraction of sp³-hybridized carbons (Fsp3) is 0.280. The molecular formula is C25H24N2O6. The van der Waals surface area contributed by atoms with E-state index in [1.807, 2.05) is 19.1 Å². The van der Waals surface area contributed by atoms with Crippen LogP contribution >= 0.6 is 0 Å². The average Bonchev–Trinajstić information content (AvgIpc) is 2.78. The number of esters is 1. The van der Waals surface area contributed by atoms with Crippen LogP contribution in [0, 0.1) is 6.92 Å². The van der Waals surface area contributed by atoms with Crippen LogP contribution in [0.3, 0.4) is 0 Å². The van der Waals surface area contributed by atoms with Crippen molar-refractivity contribution in [1.29, 1.82) is 0 Å². The van der Waals surface area contributed by atoms with E-state index in [9.17, 15) is 19.2 Å². The molecule has 3 aromatic rings. The zero-order valence-electron chi connectivity index (χ0n) is 18.6. The number of anilines is 1. The number of nitrogens with zero attached hydrogens (tertiary/aromatic N) is 1. The number of hydrogen-bond donors (Lipinski definition) is 1. The Kier molecular flexibility index (Phi) is 6.00. The number of ether oxygens (including phenoxy) is 1. The Labute approximate surface area is 190 Å². The third-order valence-corrected chi connectivity index (χ3v) is 5.61. The normalized spacial score (nSPS) is 14.0. The Morgan fingerprint density at radius 1 is 1.09 bits per heavy atom. The predicted molar refractivity (Wildman–Crippen MR) is 122 cm³/mol. The molecule has 1 saturated heterocycles. The Bertz CT molecular complexity index is 1310. The topological polar surface area (TPSA) is 106 Å². The van der Waals surface area contributed by atoms with Crippen LogP contribution in [0.2, 0.25) is 0 Å². The first-order valence-corrected chi connectivity index (χ1v) is 10.7. The van der Waals surface area contributed by atoms with Gasteiger partial charge in [-0.15, -0.1) is 0 Å². The number of aryl methyl sites for hydroxylation is 1. The Hall–Kier alpha value is -3.94. The van der Waals surface area contributed by atoms with Gasteiger partial charge in [-0.1, -0.05) is 13.8 Å². The highest BCUT2D eigenvalue weighted by Gasteiger charge is 2.24. The van der Waals surface area contributed by atoms with Crippen molar-refractivity contribution >= 4 is 34.4 Å². The van der Waals surface area contributed by atoms with E-state index in [0.29, 0.717) is 16.8 Å². The van der Waals surface area contributed by atoms with E-state index in [4.69, 9.17) is 9.15 Å². The molecule has 1 aromatic heterocycles. The maximum absolute atomic E-state index is 12.6. The first-order chi connectivity index (χ1) is 15.7. The van der Waals surface area contributed by atoms with E-state index in [2.05, 4.69) is 19.3 Å². The molecule has 2 amide bonds. The van der Waals surface area contributed by atoms with Gasteiger partial charge in [-0.05, 0) is 60.4 Å². The number of carbonyl (C=O) groups is 3. The second-order valence-corrected chi connectivity index (χ2v) is 8.34. The minimum atomic E-state index is -0.576. The highest BCUT2D eigenvalue weighted by atomic mass is 16.5. The number of hydrogen-bond acceptors (Lipinski definition) is 6. The van der Waals surface area contributed by atoms with E-state index >= 15 is 0 Å². The lowest BCUT2D eigenvalue weighted by molar-refractivity contribution is -0.130. The third kappa shape index (κ3) is 4.64. The van der Waals surface area contributed by atoms with Gasteiger partial charge in [0.15, 0.2) is 0 Å². The van der Waals surface area contributed by atoms with Crippen molar-refractivity contribution in [3.8, 4) is 0 Å². The van der Waals surface area contributed by atoms with Gasteiger partial charge in [0.2, 0.25) is 11.8 Å². The van der Waals surface area contributed by atoms with Crippen molar-refractivity contribution in [1.82, 2.24) is 5.43 Å². The number of carbonyl (C=O) groups excluding carboxylic acids is 3. The SMILES string of the molecule is Cc1cc2oc(=O)cc(COC(=O)c3ccc(N4NC(=O)CCC4=O)cc3)c2cc1C(C)C. The summed E-state index contributed by atoms with van der Waals surface area (Å²) in [5.74, 6) is -0.760. The van der Waals surface area contributed by atoms with E-state index in [-0.39, 0.29) is 42.7 Å². The molecule has 170 valence electrons. The van der Waals surface area contributed by atoms with Gasteiger partial charge in [-0.3, -0.25) is 15.0 Å². The van der Waals surface area contributed by atoms with Crippen LogP contribution in [0.1, 0.15) is 59.7 Å². The van der Waals surface area contributed by atoms with Gasteiger partial charge in [0.25, 0.3) is 0 Å². The first-order valence-electron chi connectivity index (χ1n) is 10.7. The summed E-state index contributed by atoms with van der Waals surface area (Å²) in [4.78, 5) is 48.2. The highest BCUT2D eigenvalue weighted by molar-refractivity contribution is 6.01. The summed E-state index contributed by atoms with van der Waals surface area (Å²) >= 11 is 0. The minimum Gasteiger partial charge on any atom is -0.457 e. The van der Waals surface area contributed by atoms with Crippen LogP contribution in [0.4, 0.5) is 5.69 Å². The fourth-order valence-corrected chi connectivity index (χ4v) is 3.89. The number of nitrogens with one attached hydrogen (secondary N) is 1. The van der Waals surface area contributed by atoms with Gasteiger partial charge in [0.1, 0.15) is 12.2 Å². The summed E-state index contributed by atoms with van der Waals surface area (Å²) < 4.78 is 10.8. The zero-order valence-corrected chi connectivity index (χ0v) is 18.6. The molecule has 0 unspecified atom stereocenters. The molecule has 0 atom stereocenters. The zero-order chi connectivity index (χ0) is 23.7. The standard InChI is InChI=1S/C25H24N2O6/c1-14(2)19-12-20-17(11-24(30)33-21(20)10-15(19)3)13-32-25(31)16-4-6-18(7-5-16)27-23(29)9-8-22(28)26-27/h4-7,10-12,14H,8-9,13H2,1-3H3,(H,26,28). The van der Waals surface area contributed by atoms with Gasteiger partial charge in [-0.25, -0.2) is 14.6 Å². The highest BCUT2D eigenvalue weighted by Crippen LogP contribution is 2.27. The Morgan fingerprint density at radius 2 is 1.82 bits per heavy atom. The number of hydrazine groups is 1. The molecule has 33 heavy (non-hydrogen) atoms. The van der Waals surface area contributed by atoms with Crippen LogP contribution in [-0.2, 0) is 20.9 Å². The molecule has 0 spiro atoms. The summed E-state index contributed by atoms with van der Waals surface area (Å²) in [5.41, 5.74) is 5.89. The second-order valence-electron chi connectivity index (χ2n) is 8.34. The quantitative estimate of drug-likeness (QED) is 0.471. The molecule has 1 N–H and O–H groups in total. The molecule has 0 bridgehead atoms. The molecule has 2 heterocycles. The molecule has 0 saturated carbocycles. The van der Waals surface area contributed by atoms with E-state index < -0.39 is 11.6 Å². The van der Waals surface area contributed by atoms with Crippen molar-refractivity contribution in [2.45, 2.75) is 46.1 Å². The smallest absolute Gasteiger partial charge is 0.338 e. The van der Waals surface area contributed by atoms with E-state index in [1.165, 1.54) is 23.2 Å². The van der Waals surface area contributed by atoms with Crippen molar-refractivity contribution < 1.29 is 23.5 Å². The molecule has 8 nitrogen and oxygen atoms in total. The largest absolute Gasteiger partial charge is 0.457 e. The Balaban J connectivity index is 1.53. The average molecular weight is 448 g/mol. The maximum Gasteiger partial charge on any atom is 0.338 e. The van der Waals surface area contributed by atoms with E-state index in [1.54, 1.807) is 12.1 Å². The van der Waals surface area contributed by atoms with Gasteiger partial charge < -0.3 is 9.15 Å². The second kappa shape index (κ2) is 8.90. The van der Waals surface area contributed by atoms with Crippen molar-refractivity contribution in [2.75, 3.05) is 5.01 Å². The lowest BCUT2D eigenvalue weighted by Crippen LogP contribution is -2.50. The van der Waals surface area contributed by atoms with Gasteiger partial charge >= 0.3 is 11.6 Å². The molecule has 1 aliphatic rings. The van der Waals surface area contributed by atoms with Crippen molar-refractivity contribution in [3.05, 3.63) is 75.1 Å². The number of fused-ring (bicyclic) bond motifs is 1. The van der Waals surface area contributed by atoms with Gasteiger partial charge in [0, 0.05) is 29.9 Å². The maximum atomic E-state index is 12.6.